The number of benzene rings is 2. The summed E-state index contributed by atoms with van der Waals surface area (Å²) in [6.07, 6.45) is 3.22. The molecule has 1 amide bonds. The summed E-state index contributed by atoms with van der Waals surface area (Å²) in [4.78, 5) is 15.5. The lowest BCUT2D eigenvalue weighted by molar-refractivity contribution is -0.139. The first kappa shape index (κ1) is 22.3. The van der Waals surface area contributed by atoms with Crippen LogP contribution in [-0.4, -0.2) is 42.7 Å². The molecule has 1 saturated heterocycles. The summed E-state index contributed by atoms with van der Waals surface area (Å²) < 4.78 is 27.2. The zero-order valence-corrected chi connectivity index (χ0v) is 19.4. The monoisotopic (exact) mass is 460 g/mol. The highest BCUT2D eigenvalue weighted by Gasteiger charge is 2.40. The summed E-state index contributed by atoms with van der Waals surface area (Å²) in [5, 5.41) is 0.685. The Morgan fingerprint density at radius 2 is 1.65 bits per heavy atom. The van der Waals surface area contributed by atoms with E-state index < -0.39 is 10.0 Å². The van der Waals surface area contributed by atoms with E-state index in [1.807, 2.05) is 59.5 Å². The number of sulfonamides is 1. The Morgan fingerprint density at radius 1 is 1.03 bits per heavy atom. The first-order valence-corrected chi connectivity index (χ1v) is 12.9. The van der Waals surface area contributed by atoms with E-state index in [0.29, 0.717) is 31.0 Å². The lowest BCUT2D eigenvalue weighted by Gasteiger charge is -2.36. The predicted molar refractivity (Wildman–Crippen MR) is 123 cm³/mol. The molecule has 31 heavy (non-hydrogen) atoms. The summed E-state index contributed by atoms with van der Waals surface area (Å²) in [5.41, 5.74) is 1.87. The Kier molecular flexibility index (Phi) is 6.70. The van der Waals surface area contributed by atoms with Gasteiger partial charge in [-0.3, -0.25) is 4.79 Å². The lowest BCUT2D eigenvalue weighted by Crippen LogP contribution is -2.46. The van der Waals surface area contributed by atoms with Crippen LogP contribution in [0, 0.1) is 5.92 Å². The number of amides is 1. The molecule has 1 atom stereocenters. The fourth-order valence-corrected chi connectivity index (χ4v) is 6.10. The molecule has 166 valence electrons. The second kappa shape index (κ2) is 9.31. The average Bonchev–Trinajstić information content (AvgIpc) is 3.60. The van der Waals surface area contributed by atoms with Crippen molar-refractivity contribution in [1.29, 1.82) is 0 Å². The van der Waals surface area contributed by atoms with Gasteiger partial charge in [-0.15, -0.1) is 0 Å². The van der Waals surface area contributed by atoms with Gasteiger partial charge in [-0.25, -0.2) is 12.7 Å². The number of carbonyl (C=O) groups excluding carboxylic acids is 1. The van der Waals surface area contributed by atoms with Gasteiger partial charge in [0.05, 0.1) is 11.8 Å². The van der Waals surface area contributed by atoms with E-state index in [-0.39, 0.29) is 29.7 Å². The van der Waals surface area contributed by atoms with Gasteiger partial charge in [0.1, 0.15) is 0 Å². The highest BCUT2D eigenvalue weighted by molar-refractivity contribution is 7.88. The second-order valence-electron chi connectivity index (χ2n) is 8.62. The van der Waals surface area contributed by atoms with Crippen molar-refractivity contribution in [3.63, 3.8) is 0 Å². The molecular formula is C24H29ClN2O3S. The number of halogens is 1. The molecule has 1 unspecified atom stereocenters. The molecule has 4 rings (SSSR count). The number of rotatable bonds is 7. The van der Waals surface area contributed by atoms with Gasteiger partial charge in [0.25, 0.3) is 0 Å². The van der Waals surface area contributed by atoms with Crippen LogP contribution in [0.2, 0.25) is 5.02 Å². The number of nitrogens with zero attached hydrogens (tertiary/aromatic N) is 2. The summed E-state index contributed by atoms with van der Waals surface area (Å²) in [6, 6.07) is 17.2. The quantitative estimate of drug-likeness (QED) is 0.605. The van der Waals surface area contributed by atoms with Crippen molar-refractivity contribution < 1.29 is 13.2 Å². The van der Waals surface area contributed by atoms with E-state index in [1.54, 1.807) is 4.31 Å². The first-order valence-electron chi connectivity index (χ1n) is 10.9. The molecule has 1 heterocycles. The largest absolute Gasteiger partial charge is 0.333 e. The van der Waals surface area contributed by atoms with Gasteiger partial charge in [0.15, 0.2) is 0 Å². The van der Waals surface area contributed by atoms with Crippen LogP contribution in [0.15, 0.2) is 54.6 Å². The van der Waals surface area contributed by atoms with Crippen LogP contribution in [-0.2, 0) is 20.6 Å². The Morgan fingerprint density at radius 3 is 2.23 bits per heavy atom. The number of piperidine rings is 1. The van der Waals surface area contributed by atoms with Gasteiger partial charge >= 0.3 is 0 Å². The van der Waals surface area contributed by atoms with Crippen molar-refractivity contribution in [2.75, 3.05) is 13.1 Å². The number of hydrogen-bond acceptors (Lipinski definition) is 3. The third-order valence-electron chi connectivity index (χ3n) is 6.35. The maximum Gasteiger partial charge on any atom is 0.226 e. The van der Waals surface area contributed by atoms with Gasteiger partial charge in [0, 0.05) is 30.1 Å². The molecule has 2 aromatic rings. The smallest absolute Gasteiger partial charge is 0.226 e. The molecule has 1 aliphatic carbocycles. The van der Waals surface area contributed by atoms with Crippen molar-refractivity contribution in [3.05, 3.63) is 70.7 Å². The molecule has 0 radical (unpaired) electrons. The minimum Gasteiger partial charge on any atom is -0.333 e. The molecular weight excluding hydrogens is 432 g/mol. The van der Waals surface area contributed by atoms with E-state index >= 15 is 0 Å². The molecule has 2 aromatic carbocycles. The van der Waals surface area contributed by atoms with Gasteiger partial charge in [-0.2, -0.15) is 0 Å². The van der Waals surface area contributed by atoms with E-state index in [0.717, 1.165) is 24.0 Å². The van der Waals surface area contributed by atoms with Gasteiger partial charge in [0.2, 0.25) is 15.9 Å². The Hall–Kier alpha value is -1.89. The third kappa shape index (κ3) is 5.30. The lowest BCUT2D eigenvalue weighted by atomic mass is 9.95. The normalized spacial score (nSPS) is 19.2. The van der Waals surface area contributed by atoms with E-state index in [1.165, 1.54) is 0 Å². The predicted octanol–water partition coefficient (Wildman–Crippen LogP) is 4.63. The van der Waals surface area contributed by atoms with Crippen LogP contribution in [0.5, 0.6) is 0 Å². The highest BCUT2D eigenvalue weighted by Crippen LogP contribution is 2.37. The molecule has 2 aliphatic rings. The molecule has 1 aliphatic heterocycles. The average molecular weight is 461 g/mol. The molecule has 0 spiro atoms. The number of carbonyl (C=O) groups is 1. The summed E-state index contributed by atoms with van der Waals surface area (Å²) >= 11 is 6.02. The van der Waals surface area contributed by atoms with E-state index in [9.17, 15) is 13.2 Å². The van der Waals surface area contributed by atoms with Gasteiger partial charge < -0.3 is 4.90 Å². The molecule has 2 fully saturated rings. The number of hydrogen-bond donors (Lipinski definition) is 0. The molecule has 1 saturated carbocycles. The van der Waals surface area contributed by atoms with E-state index in [2.05, 4.69) is 6.92 Å². The van der Waals surface area contributed by atoms with Gasteiger partial charge in [-0.05, 0) is 55.9 Å². The SMILES string of the molecule is CC(c1ccc(Cl)cc1)N(C(=O)C1CCN(S(=O)(=O)Cc2ccccc2)CC1)C1CC1. The maximum atomic E-state index is 13.4. The summed E-state index contributed by atoms with van der Waals surface area (Å²) in [6.45, 7) is 2.87. The second-order valence-corrected chi connectivity index (χ2v) is 11.0. The van der Waals surface area contributed by atoms with Crippen LogP contribution in [0.3, 0.4) is 0 Å². The minimum absolute atomic E-state index is 0.00819. The fraction of sp³-hybridized carbons (Fsp3) is 0.458. The van der Waals surface area contributed by atoms with Crippen molar-refractivity contribution in [2.45, 2.75) is 50.4 Å². The Bertz CT molecular complexity index is 999. The van der Waals surface area contributed by atoms with Crippen molar-refractivity contribution in [3.8, 4) is 0 Å². The Balaban J connectivity index is 1.40. The Labute approximate surface area is 190 Å². The standard InChI is InChI=1S/C24H29ClN2O3S/c1-18(20-7-9-22(25)10-8-20)27(23-11-12-23)24(28)21-13-15-26(16-14-21)31(29,30)17-19-5-3-2-4-6-19/h2-10,18,21,23H,11-17H2,1H3. The fourth-order valence-electron chi connectivity index (χ4n) is 4.41. The summed E-state index contributed by atoms with van der Waals surface area (Å²) in [5.74, 6) is 0.0393. The maximum absolute atomic E-state index is 13.4. The molecule has 0 bridgehead atoms. The summed E-state index contributed by atoms with van der Waals surface area (Å²) in [7, 11) is -3.38. The minimum atomic E-state index is -3.38. The van der Waals surface area contributed by atoms with Crippen molar-refractivity contribution >= 4 is 27.5 Å². The molecule has 0 N–H and O–H groups in total. The van der Waals surface area contributed by atoms with Crippen LogP contribution in [0.1, 0.15) is 49.8 Å². The van der Waals surface area contributed by atoms with Crippen LogP contribution < -0.4 is 0 Å². The first-order chi connectivity index (χ1) is 14.8. The molecule has 5 nitrogen and oxygen atoms in total. The van der Waals surface area contributed by atoms with Crippen LogP contribution in [0.25, 0.3) is 0 Å². The van der Waals surface area contributed by atoms with Crippen LogP contribution >= 0.6 is 11.6 Å². The zero-order chi connectivity index (χ0) is 22.0. The highest BCUT2D eigenvalue weighted by atomic mass is 35.5. The zero-order valence-electron chi connectivity index (χ0n) is 17.8. The molecule has 7 heteroatoms. The molecule has 0 aromatic heterocycles. The van der Waals surface area contributed by atoms with Gasteiger partial charge in [-0.1, -0.05) is 54.1 Å². The topological polar surface area (TPSA) is 57.7 Å². The van der Waals surface area contributed by atoms with Crippen molar-refractivity contribution in [2.24, 2.45) is 5.92 Å². The third-order valence-corrected chi connectivity index (χ3v) is 8.45. The van der Waals surface area contributed by atoms with Crippen molar-refractivity contribution in [1.82, 2.24) is 9.21 Å². The van der Waals surface area contributed by atoms with E-state index in [4.69, 9.17) is 11.6 Å². The van der Waals surface area contributed by atoms with Crippen LogP contribution in [0.4, 0.5) is 0 Å².